The number of Topliss-reactive ketones (excluding diaryl/α,β-unsaturated/α-hetero) is 2. The van der Waals surface area contributed by atoms with E-state index in [1.807, 2.05) is 33.8 Å². The molecule has 0 saturated heterocycles. The highest BCUT2D eigenvalue weighted by molar-refractivity contribution is 6.25. The van der Waals surface area contributed by atoms with Gasteiger partial charge in [0.1, 0.15) is 0 Å². The second-order valence-corrected chi connectivity index (χ2v) is 7.53. The van der Waals surface area contributed by atoms with Gasteiger partial charge in [-0.1, -0.05) is 57.2 Å². The number of nitrogens with one attached hydrogen (secondary N) is 1. The second-order valence-electron chi connectivity index (χ2n) is 7.53. The van der Waals surface area contributed by atoms with Crippen molar-refractivity contribution in [2.24, 2.45) is 5.41 Å². The molecule has 3 rings (SSSR count). The fourth-order valence-electron chi connectivity index (χ4n) is 2.88. The second kappa shape index (κ2) is 6.37. The van der Waals surface area contributed by atoms with Crippen LogP contribution in [-0.4, -0.2) is 17.3 Å². The van der Waals surface area contributed by atoms with Crippen LogP contribution >= 0.6 is 0 Å². The fourth-order valence-corrected chi connectivity index (χ4v) is 2.88. The number of carbonyl (C=O) groups excluding carboxylic acids is 3. The number of ketones is 3. The van der Waals surface area contributed by atoms with Crippen molar-refractivity contribution in [1.29, 1.82) is 0 Å². The zero-order valence-corrected chi connectivity index (χ0v) is 15.3. The minimum Gasteiger partial charge on any atom is -0.352 e. The van der Waals surface area contributed by atoms with E-state index < -0.39 is 5.41 Å². The quantitative estimate of drug-likeness (QED) is 0.824. The molecule has 0 fully saturated rings. The Morgan fingerprint density at radius 3 is 2.27 bits per heavy atom. The third kappa shape index (κ3) is 3.23. The summed E-state index contributed by atoms with van der Waals surface area (Å²) in [6.07, 6.45) is 1.32. The summed E-state index contributed by atoms with van der Waals surface area (Å²) in [6, 6.07) is 12.1. The maximum Gasteiger partial charge on any atom is 0.210 e. The monoisotopic (exact) mass is 347 g/mol. The van der Waals surface area contributed by atoms with Crippen molar-refractivity contribution in [2.45, 2.75) is 27.7 Å². The Kier molecular flexibility index (Phi) is 4.36. The first-order valence-electron chi connectivity index (χ1n) is 8.51. The first-order chi connectivity index (χ1) is 12.2. The fraction of sp³-hybridized carbons (Fsp3) is 0.227. The van der Waals surface area contributed by atoms with Crippen molar-refractivity contribution in [3.63, 3.8) is 0 Å². The minimum absolute atomic E-state index is 0.0194. The van der Waals surface area contributed by atoms with Gasteiger partial charge in [-0.25, -0.2) is 0 Å². The van der Waals surface area contributed by atoms with E-state index in [2.05, 4.69) is 5.32 Å². The van der Waals surface area contributed by atoms with Crippen LogP contribution < -0.4 is 5.32 Å². The predicted octanol–water partition coefficient (Wildman–Crippen LogP) is 4.60. The van der Waals surface area contributed by atoms with Gasteiger partial charge in [0, 0.05) is 33.9 Å². The lowest BCUT2D eigenvalue weighted by Crippen LogP contribution is -2.22. The normalized spacial score (nSPS) is 13.9. The van der Waals surface area contributed by atoms with Crippen molar-refractivity contribution >= 4 is 23.0 Å². The number of hydrogen-bond acceptors (Lipinski definition) is 4. The Bertz CT molecular complexity index is 962. The Labute approximate surface area is 152 Å². The van der Waals surface area contributed by atoms with Crippen LogP contribution in [0.4, 0.5) is 5.69 Å². The SMILES string of the molecule is Cc1ccc(C(=O)C(C)(C)C)cc1NC1=CC(=O)c2ccccc2C1=O. The summed E-state index contributed by atoms with van der Waals surface area (Å²) in [4.78, 5) is 37.5. The van der Waals surface area contributed by atoms with Crippen LogP contribution in [0.1, 0.15) is 57.4 Å². The first kappa shape index (κ1) is 17.8. The number of allylic oxidation sites excluding steroid dienone is 2. The van der Waals surface area contributed by atoms with Gasteiger partial charge in [-0.2, -0.15) is 0 Å². The van der Waals surface area contributed by atoms with E-state index in [9.17, 15) is 14.4 Å². The van der Waals surface area contributed by atoms with E-state index in [4.69, 9.17) is 0 Å². The molecule has 0 bridgehead atoms. The van der Waals surface area contributed by atoms with Crippen molar-refractivity contribution in [1.82, 2.24) is 0 Å². The molecule has 0 saturated carbocycles. The molecule has 26 heavy (non-hydrogen) atoms. The largest absolute Gasteiger partial charge is 0.352 e. The smallest absolute Gasteiger partial charge is 0.210 e. The van der Waals surface area contributed by atoms with Gasteiger partial charge in [0.25, 0.3) is 0 Å². The molecule has 0 aromatic heterocycles. The zero-order valence-electron chi connectivity index (χ0n) is 15.3. The average Bonchev–Trinajstić information content (AvgIpc) is 2.60. The molecule has 0 amide bonds. The van der Waals surface area contributed by atoms with Crippen LogP contribution in [0.15, 0.2) is 54.2 Å². The van der Waals surface area contributed by atoms with Gasteiger partial charge in [0.15, 0.2) is 11.6 Å². The van der Waals surface area contributed by atoms with Gasteiger partial charge in [0.2, 0.25) is 5.78 Å². The van der Waals surface area contributed by atoms with E-state index in [1.54, 1.807) is 36.4 Å². The third-order valence-electron chi connectivity index (χ3n) is 4.41. The van der Waals surface area contributed by atoms with E-state index in [-0.39, 0.29) is 23.0 Å². The molecule has 0 atom stereocenters. The van der Waals surface area contributed by atoms with Gasteiger partial charge in [-0.05, 0) is 18.6 Å². The molecule has 0 radical (unpaired) electrons. The number of hydrogen-bond donors (Lipinski definition) is 1. The summed E-state index contributed by atoms with van der Waals surface area (Å²) < 4.78 is 0. The van der Waals surface area contributed by atoms with Gasteiger partial charge in [-0.15, -0.1) is 0 Å². The molecule has 2 aromatic carbocycles. The Morgan fingerprint density at radius 1 is 0.962 bits per heavy atom. The molecule has 0 spiro atoms. The molecule has 2 aromatic rings. The highest BCUT2D eigenvalue weighted by Gasteiger charge is 2.26. The highest BCUT2D eigenvalue weighted by Crippen LogP contribution is 2.27. The maximum absolute atomic E-state index is 12.7. The van der Waals surface area contributed by atoms with Crippen molar-refractivity contribution < 1.29 is 14.4 Å². The van der Waals surface area contributed by atoms with E-state index >= 15 is 0 Å². The van der Waals surface area contributed by atoms with Gasteiger partial charge >= 0.3 is 0 Å². The zero-order chi connectivity index (χ0) is 19.1. The lowest BCUT2D eigenvalue weighted by atomic mass is 9.86. The summed E-state index contributed by atoms with van der Waals surface area (Å²) in [5, 5.41) is 3.06. The predicted molar refractivity (Wildman–Crippen MR) is 102 cm³/mol. The van der Waals surface area contributed by atoms with Crippen LogP contribution in [0.5, 0.6) is 0 Å². The molecular weight excluding hydrogens is 326 g/mol. The number of rotatable bonds is 3. The summed E-state index contributed by atoms with van der Waals surface area (Å²) in [5.41, 5.74) is 2.63. The summed E-state index contributed by atoms with van der Waals surface area (Å²) >= 11 is 0. The molecule has 0 unspecified atom stereocenters. The van der Waals surface area contributed by atoms with E-state index in [0.29, 0.717) is 22.4 Å². The Morgan fingerprint density at radius 2 is 1.62 bits per heavy atom. The lowest BCUT2D eigenvalue weighted by molar-refractivity contribution is 0.0858. The number of carbonyl (C=O) groups is 3. The molecule has 1 N–H and O–H groups in total. The topological polar surface area (TPSA) is 63.2 Å². The number of fused-ring (bicyclic) bond motifs is 1. The van der Waals surface area contributed by atoms with Crippen molar-refractivity contribution in [2.75, 3.05) is 5.32 Å². The molecule has 1 aliphatic carbocycles. The number of anilines is 1. The van der Waals surface area contributed by atoms with Gasteiger partial charge < -0.3 is 5.32 Å². The summed E-state index contributed by atoms with van der Waals surface area (Å²) in [6.45, 7) is 7.48. The van der Waals surface area contributed by atoms with E-state index in [0.717, 1.165) is 5.56 Å². The van der Waals surface area contributed by atoms with E-state index in [1.165, 1.54) is 6.08 Å². The van der Waals surface area contributed by atoms with Crippen LogP contribution in [0.25, 0.3) is 0 Å². The molecule has 0 heterocycles. The highest BCUT2D eigenvalue weighted by atomic mass is 16.1. The number of aryl methyl sites for hydroxylation is 1. The number of benzene rings is 2. The van der Waals surface area contributed by atoms with Gasteiger partial charge in [-0.3, -0.25) is 14.4 Å². The Balaban J connectivity index is 1.96. The molecule has 4 nitrogen and oxygen atoms in total. The van der Waals surface area contributed by atoms with Crippen LogP contribution in [0.2, 0.25) is 0 Å². The summed E-state index contributed by atoms with van der Waals surface area (Å²) in [5.74, 6) is -0.416. The maximum atomic E-state index is 12.7. The van der Waals surface area contributed by atoms with Crippen molar-refractivity contribution in [3.05, 3.63) is 76.5 Å². The minimum atomic E-state index is -0.499. The molecule has 4 heteroatoms. The van der Waals surface area contributed by atoms with Crippen LogP contribution in [0.3, 0.4) is 0 Å². The first-order valence-corrected chi connectivity index (χ1v) is 8.51. The summed E-state index contributed by atoms with van der Waals surface area (Å²) in [7, 11) is 0. The van der Waals surface area contributed by atoms with Crippen LogP contribution in [-0.2, 0) is 0 Å². The van der Waals surface area contributed by atoms with Crippen molar-refractivity contribution in [3.8, 4) is 0 Å². The molecule has 1 aliphatic rings. The van der Waals surface area contributed by atoms with Crippen LogP contribution in [0, 0.1) is 12.3 Å². The Hall–Kier alpha value is -3.01. The average molecular weight is 347 g/mol. The molecule has 132 valence electrons. The lowest BCUT2D eigenvalue weighted by Gasteiger charge is -2.20. The standard InChI is InChI=1S/C22H21NO3/c1-13-9-10-14(21(26)22(2,3)4)11-17(13)23-18-12-19(24)15-7-5-6-8-16(15)20(18)25/h5-12,23H,1-4H3. The molecule has 0 aliphatic heterocycles. The van der Waals surface area contributed by atoms with Gasteiger partial charge in [0.05, 0.1) is 5.70 Å². The molecular formula is C22H21NO3. The third-order valence-corrected chi connectivity index (χ3v) is 4.41.